The molecule has 142 valence electrons. The van der Waals surface area contributed by atoms with E-state index in [1.807, 2.05) is 23.1 Å². The van der Waals surface area contributed by atoms with E-state index in [2.05, 4.69) is 20.2 Å². The monoisotopic (exact) mass is 377 g/mol. The lowest BCUT2D eigenvalue weighted by molar-refractivity contribution is 0.0740. The predicted molar refractivity (Wildman–Crippen MR) is 106 cm³/mol. The molecule has 1 aromatic carbocycles. The number of nitrogens with one attached hydrogen (secondary N) is 1. The quantitative estimate of drug-likeness (QED) is 0.756. The van der Waals surface area contributed by atoms with Gasteiger partial charge in [0.15, 0.2) is 0 Å². The lowest BCUT2D eigenvalue weighted by atomic mass is 10.2. The normalized spacial score (nSPS) is 14.0. The fraction of sp³-hybridized carbons (Fsp3) is 0.190. The number of carbonyl (C=O) groups excluding carboxylic acids is 1. The Kier molecular flexibility index (Phi) is 5.14. The van der Waals surface area contributed by atoms with Gasteiger partial charge in [-0.25, -0.2) is 9.37 Å². The second-order valence-corrected chi connectivity index (χ2v) is 6.53. The Morgan fingerprint density at radius 3 is 2.39 bits per heavy atom. The summed E-state index contributed by atoms with van der Waals surface area (Å²) in [7, 11) is 0. The van der Waals surface area contributed by atoms with Crippen LogP contribution in [0.2, 0.25) is 0 Å². The van der Waals surface area contributed by atoms with Crippen molar-refractivity contribution in [2.24, 2.45) is 0 Å². The Morgan fingerprint density at radius 2 is 1.68 bits per heavy atom. The number of nitrogens with zero attached hydrogens (tertiary/aromatic N) is 4. The summed E-state index contributed by atoms with van der Waals surface area (Å²) in [5.41, 5.74) is 1.87. The van der Waals surface area contributed by atoms with Gasteiger partial charge in [-0.1, -0.05) is 6.07 Å². The van der Waals surface area contributed by atoms with Crippen LogP contribution in [0.3, 0.4) is 0 Å². The summed E-state index contributed by atoms with van der Waals surface area (Å²) < 4.78 is 13.0. The minimum atomic E-state index is -0.291. The summed E-state index contributed by atoms with van der Waals surface area (Å²) in [5, 5.41) is 3.16. The van der Waals surface area contributed by atoms with Crippen molar-refractivity contribution in [1.82, 2.24) is 14.9 Å². The van der Waals surface area contributed by atoms with Gasteiger partial charge in [-0.2, -0.15) is 0 Å². The molecular formula is C21H20FN5O. The first-order valence-electron chi connectivity index (χ1n) is 9.13. The highest BCUT2D eigenvalue weighted by Crippen LogP contribution is 2.19. The molecule has 0 unspecified atom stereocenters. The molecule has 2 aromatic heterocycles. The van der Waals surface area contributed by atoms with Gasteiger partial charge in [-0.05, 0) is 48.5 Å². The van der Waals surface area contributed by atoms with Crippen molar-refractivity contribution < 1.29 is 9.18 Å². The number of anilines is 3. The van der Waals surface area contributed by atoms with Crippen LogP contribution in [0.25, 0.3) is 0 Å². The number of halogens is 1. The molecule has 3 heterocycles. The van der Waals surface area contributed by atoms with Crippen LogP contribution in [-0.2, 0) is 0 Å². The van der Waals surface area contributed by atoms with Gasteiger partial charge in [0.25, 0.3) is 5.91 Å². The molecule has 6 nitrogen and oxygen atoms in total. The molecule has 1 saturated heterocycles. The summed E-state index contributed by atoms with van der Waals surface area (Å²) >= 11 is 0. The Hall–Kier alpha value is -3.48. The third-order valence-corrected chi connectivity index (χ3v) is 4.65. The van der Waals surface area contributed by atoms with Gasteiger partial charge in [0, 0.05) is 49.9 Å². The number of rotatable bonds is 4. The molecule has 1 fully saturated rings. The lowest BCUT2D eigenvalue weighted by Gasteiger charge is -2.35. The molecule has 1 amide bonds. The van der Waals surface area contributed by atoms with Crippen molar-refractivity contribution in [2.75, 3.05) is 36.4 Å². The molecule has 0 saturated carbocycles. The summed E-state index contributed by atoms with van der Waals surface area (Å²) in [4.78, 5) is 25.4. The minimum absolute atomic E-state index is 0.0940. The molecule has 4 rings (SSSR count). The van der Waals surface area contributed by atoms with Crippen molar-refractivity contribution >= 4 is 23.1 Å². The van der Waals surface area contributed by atoms with E-state index in [1.165, 1.54) is 12.1 Å². The highest BCUT2D eigenvalue weighted by atomic mass is 19.1. The molecule has 3 aromatic rings. The maximum absolute atomic E-state index is 13.0. The number of piperazine rings is 1. The van der Waals surface area contributed by atoms with Crippen LogP contribution in [0.1, 0.15) is 10.5 Å². The maximum atomic E-state index is 13.0. The van der Waals surface area contributed by atoms with Crippen LogP contribution in [0.5, 0.6) is 0 Å². The van der Waals surface area contributed by atoms with E-state index in [-0.39, 0.29) is 11.7 Å². The van der Waals surface area contributed by atoms with Gasteiger partial charge in [-0.3, -0.25) is 9.78 Å². The Bertz CT molecular complexity index is 941. The van der Waals surface area contributed by atoms with E-state index in [0.29, 0.717) is 18.8 Å². The summed E-state index contributed by atoms with van der Waals surface area (Å²) in [6.07, 6.45) is 3.37. The van der Waals surface area contributed by atoms with E-state index in [0.717, 1.165) is 30.3 Å². The number of aromatic nitrogens is 2. The standard InChI is InChI=1S/C21H20FN5O/c22-16-4-6-17(7-5-16)25-18-8-10-23-19(15-18)21(28)27-13-11-26(12-14-27)20-3-1-2-9-24-20/h1-10,15H,11-14H2,(H,23,25). The van der Waals surface area contributed by atoms with E-state index >= 15 is 0 Å². The van der Waals surface area contributed by atoms with E-state index in [4.69, 9.17) is 0 Å². The van der Waals surface area contributed by atoms with Crippen LogP contribution in [0.15, 0.2) is 67.0 Å². The van der Waals surface area contributed by atoms with Crippen molar-refractivity contribution in [1.29, 1.82) is 0 Å². The van der Waals surface area contributed by atoms with E-state index in [1.54, 1.807) is 36.7 Å². The van der Waals surface area contributed by atoms with Crippen LogP contribution < -0.4 is 10.2 Å². The minimum Gasteiger partial charge on any atom is -0.355 e. The largest absolute Gasteiger partial charge is 0.355 e. The second kappa shape index (κ2) is 8.04. The first-order valence-corrected chi connectivity index (χ1v) is 9.13. The number of amides is 1. The average molecular weight is 377 g/mol. The SMILES string of the molecule is O=C(c1cc(Nc2ccc(F)cc2)ccn1)N1CCN(c2ccccn2)CC1. The first-order chi connectivity index (χ1) is 13.7. The molecule has 0 radical (unpaired) electrons. The summed E-state index contributed by atoms with van der Waals surface area (Å²) in [5.74, 6) is 0.544. The Balaban J connectivity index is 1.40. The van der Waals surface area contributed by atoms with Gasteiger partial charge in [0.1, 0.15) is 17.3 Å². The molecule has 1 aliphatic rings. The van der Waals surface area contributed by atoms with Crippen molar-refractivity contribution in [2.45, 2.75) is 0 Å². The molecule has 0 atom stereocenters. The van der Waals surface area contributed by atoms with E-state index in [9.17, 15) is 9.18 Å². The number of pyridine rings is 2. The lowest BCUT2D eigenvalue weighted by Crippen LogP contribution is -2.49. The first kappa shape index (κ1) is 17.9. The van der Waals surface area contributed by atoms with Crippen LogP contribution in [-0.4, -0.2) is 47.0 Å². The van der Waals surface area contributed by atoms with Crippen LogP contribution in [0, 0.1) is 5.82 Å². The zero-order chi connectivity index (χ0) is 19.3. The summed E-state index contributed by atoms with van der Waals surface area (Å²) in [6.45, 7) is 2.70. The van der Waals surface area contributed by atoms with Crippen molar-refractivity contribution in [3.63, 3.8) is 0 Å². The predicted octanol–water partition coefficient (Wildman–Crippen LogP) is 3.32. The van der Waals surface area contributed by atoms with Gasteiger partial charge < -0.3 is 15.1 Å². The van der Waals surface area contributed by atoms with Crippen molar-refractivity contribution in [3.8, 4) is 0 Å². The zero-order valence-electron chi connectivity index (χ0n) is 15.3. The smallest absolute Gasteiger partial charge is 0.272 e. The molecule has 0 bridgehead atoms. The third kappa shape index (κ3) is 4.09. The average Bonchev–Trinajstić information content (AvgIpc) is 2.76. The summed E-state index contributed by atoms with van der Waals surface area (Å²) in [6, 6.07) is 15.4. The highest BCUT2D eigenvalue weighted by Gasteiger charge is 2.23. The molecule has 0 spiro atoms. The molecule has 0 aliphatic carbocycles. The molecular weight excluding hydrogens is 357 g/mol. The van der Waals surface area contributed by atoms with Gasteiger partial charge >= 0.3 is 0 Å². The Labute approximate surface area is 162 Å². The number of hydrogen-bond donors (Lipinski definition) is 1. The van der Waals surface area contributed by atoms with Crippen LogP contribution in [0.4, 0.5) is 21.6 Å². The fourth-order valence-corrected chi connectivity index (χ4v) is 3.17. The number of carbonyl (C=O) groups is 1. The van der Waals surface area contributed by atoms with Crippen LogP contribution >= 0.6 is 0 Å². The number of hydrogen-bond acceptors (Lipinski definition) is 5. The second-order valence-electron chi connectivity index (χ2n) is 6.53. The zero-order valence-corrected chi connectivity index (χ0v) is 15.3. The van der Waals surface area contributed by atoms with Gasteiger partial charge in [0.2, 0.25) is 0 Å². The molecule has 28 heavy (non-hydrogen) atoms. The third-order valence-electron chi connectivity index (χ3n) is 4.65. The fourth-order valence-electron chi connectivity index (χ4n) is 3.17. The maximum Gasteiger partial charge on any atom is 0.272 e. The molecule has 7 heteroatoms. The van der Waals surface area contributed by atoms with E-state index < -0.39 is 0 Å². The van der Waals surface area contributed by atoms with Gasteiger partial charge in [-0.15, -0.1) is 0 Å². The highest BCUT2D eigenvalue weighted by molar-refractivity contribution is 5.93. The van der Waals surface area contributed by atoms with Crippen molar-refractivity contribution in [3.05, 3.63) is 78.5 Å². The van der Waals surface area contributed by atoms with Gasteiger partial charge in [0.05, 0.1) is 0 Å². The number of benzene rings is 1. The topological polar surface area (TPSA) is 61.4 Å². The molecule has 1 aliphatic heterocycles. The molecule has 1 N–H and O–H groups in total. The Morgan fingerprint density at radius 1 is 0.893 bits per heavy atom.